The van der Waals surface area contributed by atoms with Crippen molar-refractivity contribution in [1.82, 2.24) is 5.32 Å². The van der Waals surface area contributed by atoms with E-state index in [9.17, 15) is 0 Å². The van der Waals surface area contributed by atoms with Gasteiger partial charge in [-0.25, -0.2) is 0 Å². The predicted molar refractivity (Wildman–Crippen MR) is 74.7 cm³/mol. The average Bonchev–Trinajstić information content (AvgIpc) is 2.69. The number of likely N-dealkylation sites (N-methyl/N-ethyl adjacent to an activating group) is 1. The molecule has 1 heterocycles. The van der Waals surface area contributed by atoms with E-state index in [1.54, 1.807) is 0 Å². The molecule has 17 heavy (non-hydrogen) atoms. The second kappa shape index (κ2) is 4.69. The Morgan fingerprint density at radius 1 is 1.29 bits per heavy atom. The lowest BCUT2D eigenvalue weighted by molar-refractivity contribution is 0.454. The molecule has 1 N–H and O–H groups in total. The van der Waals surface area contributed by atoms with Crippen LogP contribution in [0.4, 0.5) is 5.69 Å². The summed E-state index contributed by atoms with van der Waals surface area (Å²) in [6.07, 6.45) is 2.32. The van der Waals surface area contributed by atoms with E-state index in [2.05, 4.69) is 62.3 Å². The lowest BCUT2D eigenvalue weighted by atomic mass is 10.0. The highest BCUT2D eigenvalue weighted by atomic mass is 15.2. The molecule has 1 aliphatic rings. The smallest absolute Gasteiger partial charge is 0.0428 e. The quantitative estimate of drug-likeness (QED) is 0.862. The van der Waals surface area contributed by atoms with Gasteiger partial charge in [0.1, 0.15) is 0 Å². The lowest BCUT2D eigenvalue weighted by Gasteiger charge is -2.27. The minimum Gasteiger partial charge on any atom is -0.370 e. The maximum atomic E-state index is 3.58. The Hall–Kier alpha value is -1.02. The van der Waals surface area contributed by atoms with Crippen molar-refractivity contribution in [3.8, 4) is 0 Å². The Labute approximate surface area is 105 Å². The molecule has 94 valence electrons. The summed E-state index contributed by atoms with van der Waals surface area (Å²) in [7, 11) is 2.20. The van der Waals surface area contributed by atoms with Crippen LogP contribution in [0.2, 0.25) is 0 Å². The molecule has 2 nitrogen and oxygen atoms in total. The maximum Gasteiger partial charge on any atom is 0.0428 e. The normalized spacial score (nSPS) is 22.7. The molecule has 0 bridgehead atoms. The van der Waals surface area contributed by atoms with Crippen molar-refractivity contribution in [2.75, 3.05) is 18.5 Å². The molecular weight excluding hydrogens is 208 g/mol. The molecule has 0 aliphatic carbocycles. The molecule has 1 aromatic rings. The van der Waals surface area contributed by atoms with E-state index < -0.39 is 0 Å². The first-order valence-electron chi connectivity index (χ1n) is 6.58. The standard InChI is InChI=1S/C15H24N2/c1-5-12-6-8-13(9-7-12)17(4)14-10-15(2,3)16-11-14/h6-9,14,16H,5,10-11H2,1-4H3. The molecule has 1 aromatic carbocycles. The van der Waals surface area contributed by atoms with Gasteiger partial charge in [0, 0.05) is 30.9 Å². The molecule has 0 amide bonds. The summed E-state index contributed by atoms with van der Waals surface area (Å²) >= 11 is 0. The van der Waals surface area contributed by atoms with Gasteiger partial charge in [0.2, 0.25) is 0 Å². The van der Waals surface area contributed by atoms with Gasteiger partial charge in [0.15, 0.2) is 0 Å². The fourth-order valence-corrected chi connectivity index (χ4v) is 2.58. The lowest BCUT2D eigenvalue weighted by Crippen LogP contribution is -2.33. The van der Waals surface area contributed by atoms with Crippen molar-refractivity contribution in [1.29, 1.82) is 0 Å². The van der Waals surface area contributed by atoms with Crippen LogP contribution in [0.5, 0.6) is 0 Å². The Balaban J connectivity index is 2.06. The third kappa shape index (κ3) is 2.81. The number of rotatable bonds is 3. The van der Waals surface area contributed by atoms with Crippen LogP contribution < -0.4 is 10.2 Å². The Kier molecular flexibility index (Phi) is 3.43. The van der Waals surface area contributed by atoms with E-state index >= 15 is 0 Å². The summed E-state index contributed by atoms with van der Waals surface area (Å²) in [5.41, 5.74) is 3.01. The van der Waals surface area contributed by atoms with Crippen LogP contribution in [0, 0.1) is 0 Å². The van der Waals surface area contributed by atoms with Crippen molar-refractivity contribution in [2.24, 2.45) is 0 Å². The van der Waals surface area contributed by atoms with Crippen LogP contribution in [0.3, 0.4) is 0 Å². The Bertz CT molecular complexity index is 367. The summed E-state index contributed by atoms with van der Waals surface area (Å²) < 4.78 is 0. The molecule has 0 radical (unpaired) electrons. The van der Waals surface area contributed by atoms with Gasteiger partial charge in [-0.2, -0.15) is 0 Å². The molecule has 2 heteroatoms. The van der Waals surface area contributed by atoms with E-state index in [4.69, 9.17) is 0 Å². The van der Waals surface area contributed by atoms with E-state index in [0.717, 1.165) is 13.0 Å². The number of aryl methyl sites for hydroxylation is 1. The topological polar surface area (TPSA) is 15.3 Å². The second-order valence-electron chi connectivity index (χ2n) is 5.75. The predicted octanol–water partition coefficient (Wildman–Crippen LogP) is 2.83. The number of anilines is 1. The zero-order valence-electron chi connectivity index (χ0n) is 11.5. The Morgan fingerprint density at radius 2 is 1.94 bits per heavy atom. The van der Waals surface area contributed by atoms with Crippen LogP contribution in [0.15, 0.2) is 24.3 Å². The van der Waals surface area contributed by atoms with E-state index in [0.29, 0.717) is 6.04 Å². The fraction of sp³-hybridized carbons (Fsp3) is 0.600. The second-order valence-corrected chi connectivity index (χ2v) is 5.75. The van der Waals surface area contributed by atoms with Gasteiger partial charge >= 0.3 is 0 Å². The first-order chi connectivity index (χ1) is 8.02. The minimum atomic E-state index is 0.280. The average molecular weight is 232 g/mol. The number of nitrogens with zero attached hydrogens (tertiary/aromatic N) is 1. The van der Waals surface area contributed by atoms with Crippen LogP contribution in [-0.2, 0) is 6.42 Å². The highest BCUT2D eigenvalue weighted by molar-refractivity contribution is 5.48. The summed E-state index contributed by atoms with van der Waals surface area (Å²) in [6, 6.07) is 9.56. The summed E-state index contributed by atoms with van der Waals surface area (Å²) in [5.74, 6) is 0. The number of nitrogens with one attached hydrogen (secondary N) is 1. The first-order valence-corrected chi connectivity index (χ1v) is 6.58. The third-order valence-electron chi connectivity index (χ3n) is 3.86. The van der Waals surface area contributed by atoms with Crippen molar-refractivity contribution >= 4 is 5.69 Å². The van der Waals surface area contributed by atoms with Gasteiger partial charge in [-0.15, -0.1) is 0 Å². The van der Waals surface area contributed by atoms with Crippen LogP contribution in [-0.4, -0.2) is 25.2 Å². The van der Waals surface area contributed by atoms with Gasteiger partial charge in [-0.3, -0.25) is 0 Å². The molecule has 1 atom stereocenters. The van der Waals surface area contributed by atoms with Gasteiger partial charge in [0.05, 0.1) is 0 Å². The minimum absolute atomic E-state index is 0.280. The van der Waals surface area contributed by atoms with Crippen molar-refractivity contribution in [2.45, 2.75) is 45.2 Å². The van der Waals surface area contributed by atoms with Crippen molar-refractivity contribution < 1.29 is 0 Å². The molecule has 1 fully saturated rings. The van der Waals surface area contributed by atoms with Crippen molar-refractivity contribution in [3.63, 3.8) is 0 Å². The highest BCUT2D eigenvalue weighted by Gasteiger charge is 2.32. The van der Waals surface area contributed by atoms with Crippen LogP contribution in [0.25, 0.3) is 0 Å². The van der Waals surface area contributed by atoms with Gasteiger partial charge < -0.3 is 10.2 Å². The van der Waals surface area contributed by atoms with Gasteiger partial charge in [0.25, 0.3) is 0 Å². The van der Waals surface area contributed by atoms with E-state index in [-0.39, 0.29) is 5.54 Å². The van der Waals surface area contributed by atoms with E-state index in [1.807, 2.05) is 0 Å². The summed E-state index contributed by atoms with van der Waals surface area (Å²) in [6.45, 7) is 7.84. The molecule has 1 aliphatic heterocycles. The monoisotopic (exact) mass is 232 g/mol. The summed E-state index contributed by atoms with van der Waals surface area (Å²) in [5, 5.41) is 3.58. The van der Waals surface area contributed by atoms with Gasteiger partial charge in [-0.1, -0.05) is 19.1 Å². The molecule has 0 aromatic heterocycles. The first kappa shape index (κ1) is 12.4. The molecule has 0 saturated carbocycles. The third-order valence-corrected chi connectivity index (χ3v) is 3.86. The van der Waals surface area contributed by atoms with Crippen molar-refractivity contribution in [3.05, 3.63) is 29.8 Å². The number of benzene rings is 1. The summed E-state index contributed by atoms with van der Waals surface area (Å²) in [4.78, 5) is 2.40. The number of hydrogen-bond donors (Lipinski definition) is 1. The Morgan fingerprint density at radius 3 is 2.41 bits per heavy atom. The zero-order chi connectivity index (χ0) is 12.5. The van der Waals surface area contributed by atoms with E-state index in [1.165, 1.54) is 17.7 Å². The maximum absolute atomic E-state index is 3.58. The largest absolute Gasteiger partial charge is 0.370 e. The molecule has 1 unspecified atom stereocenters. The van der Waals surface area contributed by atoms with Gasteiger partial charge in [-0.05, 0) is 44.4 Å². The fourth-order valence-electron chi connectivity index (χ4n) is 2.58. The highest BCUT2D eigenvalue weighted by Crippen LogP contribution is 2.25. The number of hydrogen-bond acceptors (Lipinski definition) is 2. The molecule has 1 saturated heterocycles. The SMILES string of the molecule is CCc1ccc(N(C)C2CNC(C)(C)C2)cc1. The van der Waals surface area contributed by atoms with Crippen LogP contribution >= 0.6 is 0 Å². The van der Waals surface area contributed by atoms with Crippen LogP contribution in [0.1, 0.15) is 32.8 Å². The molecule has 0 spiro atoms. The molecule has 2 rings (SSSR count). The molecular formula is C15H24N2. The zero-order valence-corrected chi connectivity index (χ0v) is 11.5.